The van der Waals surface area contributed by atoms with E-state index in [0.717, 1.165) is 18.7 Å². The van der Waals surface area contributed by atoms with Crippen LogP contribution in [0.4, 0.5) is 5.82 Å². The summed E-state index contributed by atoms with van der Waals surface area (Å²) in [6, 6.07) is 0.279. The van der Waals surface area contributed by atoms with Gasteiger partial charge in [0.25, 0.3) is 0 Å². The van der Waals surface area contributed by atoms with E-state index in [1.165, 1.54) is 0 Å². The van der Waals surface area contributed by atoms with Crippen LogP contribution in [0.3, 0.4) is 0 Å². The molecule has 2 saturated heterocycles. The van der Waals surface area contributed by atoms with Gasteiger partial charge in [-0.15, -0.1) is 5.10 Å². The Balaban J connectivity index is 1.81. The van der Waals surface area contributed by atoms with Gasteiger partial charge in [-0.25, -0.2) is 0 Å². The highest BCUT2D eigenvalue weighted by Crippen LogP contribution is 2.44. The minimum Gasteiger partial charge on any atom is -0.481 e. The van der Waals surface area contributed by atoms with Crippen molar-refractivity contribution in [1.29, 1.82) is 0 Å². The normalized spacial score (nSPS) is 29.3. The van der Waals surface area contributed by atoms with E-state index in [9.17, 15) is 9.90 Å². The Morgan fingerprint density at radius 1 is 1.37 bits per heavy atom. The van der Waals surface area contributed by atoms with Crippen molar-refractivity contribution in [3.63, 3.8) is 0 Å². The highest BCUT2D eigenvalue weighted by atomic mass is 16.4. The molecule has 2 aliphatic heterocycles. The molecule has 2 aliphatic rings. The van der Waals surface area contributed by atoms with Crippen LogP contribution in [0.15, 0.2) is 12.4 Å². The summed E-state index contributed by atoms with van der Waals surface area (Å²) in [5, 5.41) is 20.7. The molecule has 19 heavy (non-hydrogen) atoms. The number of carboxylic acid groups (broad SMARTS) is 1. The minimum atomic E-state index is -0.714. The Kier molecular flexibility index (Phi) is 2.03. The molecule has 0 aromatic carbocycles. The van der Waals surface area contributed by atoms with Gasteiger partial charge < -0.3 is 10.0 Å². The number of carbonyl (C=O) groups is 1. The molecule has 0 saturated carbocycles. The lowest BCUT2D eigenvalue weighted by Crippen LogP contribution is -2.34. The van der Waals surface area contributed by atoms with Crippen molar-refractivity contribution in [2.24, 2.45) is 5.92 Å². The van der Waals surface area contributed by atoms with E-state index in [-0.39, 0.29) is 18.0 Å². The summed E-state index contributed by atoms with van der Waals surface area (Å²) in [4.78, 5) is 17.6. The van der Waals surface area contributed by atoms with E-state index >= 15 is 0 Å². The maximum atomic E-state index is 11.3. The van der Waals surface area contributed by atoms with E-state index < -0.39 is 5.97 Å². The molecular formula is C11H12N6O2. The molecule has 8 nitrogen and oxygen atoms in total. The second-order valence-electron chi connectivity index (χ2n) is 5.10. The minimum absolute atomic E-state index is 0.0269. The lowest BCUT2D eigenvalue weighted by molar-refractivity contribution is -0.142. The molecule has 3 unspecified atom stereocenters. The first-order valence-corrected chi connectivity index (χ1v) is 6.29. The van der Waals surface area contributed by atoms with E-state index in [1.807, 2.05) is 0 Å². The van der Waals surface area contributed by atoms with Crippen molar-refractivity contribution in [2.75, 3.05) is 4.90 Å². The van der Waals surface area contributed by atoms with Gasteiger partial charge >= 0.3 is 5.97 Å². The van der Waals surface area contributed by atoms with Crippen molar-refractivity contribution in [3.05, 3.63) is 12.4 Å². The number of hydrogen-bond donors (Lipinski definition) is 1. The SMILES string of the molecule is O=C(O)C1CC2CCC1N2c1cncc2nnnn12. The third-order valence-electron chi connectivity index (χ3n) is 4.21. The zero-order valence-corrected chi connectivity index (χ0v) is 10.0. The topological polar surface area (TPSA) is 96.5 Å². The van der Waals surface area contributed by atoms with Crippen molar-refractivity contribution in [2.45, 2.75) is 31.3 Å². The molecule has 2 aromatic rings. The second kappa shape index (κ2) is 3.62. The van der Waals surface area contributed by atoms with Crippen molar-refractivity contribution in [1.82, 2.24) is 25.0 Å². The van der Waals surface area contributed by atoms with E-state index in [4.69, 9.17) is 0 Å². The summed E-state index contributed by atoms with van der Waals surface area (Å²) in [6.07, 6.45) is 5.92. The Morgan fingerprint density at radius 3 is 3.05 bits per heavy atom. The van der Waals surface area contributed by atoms with Crippen LogP contribution < -0.4 is 4.90 Å². The summed E-state index contributed by atoms with van der Waals surface area (Å²) in [5.41, 5.74) is 0.579. The smallest absolute Gasteiger partial charge is 0.308 e. The van der Waals surface area contributed by atoms with E-state index in [1.54, 1.807) is 16.9 Å². The zero-order valence-electron chi connectivity index (χ0n) is 10.0. The lowest BCUT2D eigenvalue weighted by atomic mass is 9.89. The largest absolute Gasteiger partial charge is 0.481 e. The summed E-state index contributed by atoms with van der Waals surface area (Å²) in [6.45, 7) is 0. The van der Waals surface area contributed by atoms with Gasteiger partial charge in [0.15, 0.2) is 11.5 Å². The highest BCUT2D eigenvalue weighted by molar-refractivity contribution is 5.74. The summed E-state index contributed by atoms with van der Waals surface area (Å²) >= 11 is 0. The van der Waals surface area contributed by atoms with Crippen LogP contribution in [-0.2, 0) is 4.79 Å². The fourth-order valence-corrected chi connectivity index (χ4v) is 3.45. The van der Waals surface area contributed by atoms with Gasteiger partial charge in [0.2, 0.25) is 0 Å². The standard InChI is InChI=1S/C11H12N6O2/c18-11(19)7-3-6-1-2-8(7)16(6)10-5-12-4-9-13-14-15-17(9)10/h4-8H,1-3H2,(H,18,19). The van der Waals surface area contributed by atoms with Crippen LogP contribution in [0.2, 0.25) is 0 Å². The van der Waals surface area contributed by atoms with Crippen LogP contribution in [0.5, 0.6) is 0 Å². The van der Waals surface area contributed by atoms with Gasteiger partial charge in [-0.1, -0.05) is 0 Å². The molecule has 8 heteroatoms. The predicted molar refractivity (Wildman–Crippen MR) is 63.6 cm³/mol. The molecule has 2 bridgehead atoms. The second-order valence-corrected chi connectivity index (χ2v) is 5.10. The first-order chi connectivity index (χ1) is 9.25. The monoisotopic (exact) mass is 260 g/mol. The van der Waals surface area contributed by atoms with Gasteiger partial charge in [0.05, 0.1) is 18.3 Å². The van der Waals surface area contributed by atoms with Crippen molar-refractivity contribution >= 4 is 17.4 Å². The molecule has 3 atom stereocenters. The van der Waals surface area contributed by atoms with Crippen LogP contribution in [0, 0.1) is 5.92 Å². The van der Waals surface area contributed by atoms with Crippen LogP contribution in [-0.4, -0.2) is 48.2 Å². The van der Waals surface area contributed by atoms with Gasteiger partial charge in [-0.05, 0) is 29.7 Å². The van der Waals surface area contributed by atoms with E-state index in [0.29, 0.717) is 12.1 Å². The Labute approximate surface area is 108 Å². The number of fused-ring (bicyclic) bond motifs is 3. The number of tetrazole rings is 1. The fourth-order valence-electron chi connectivity index (χ4n) is 3.45. The number of rotatable bonds is 2. The molecular weight excluding hydrogens is 248 g/mol. The average Bonchev–Trinajstić information content (AvgIpc) is 3.11. The number of nitrogens with zero attached hydrogens (tertiary/aromatic N) is 6. The molecule has 0 aliphatic carbocycles. The number of carboxylic acids is 1. The third kappa shape index (κ3) is 1.36. The van der Waals surface area contributed by atoms with Crippen molar-refractivity contribution < 1.29 is 9.90 Å². The molecule has 4 rings (SSSR count). The van der Waals surface area contributed by atoms with Gasteiger partial charge in [0, 0.05) is 12.1 Å². The van der Waals surface area contributed by atoms with Gasteiger partial charge in [-0.2, -0.15) is 4.52 Å². The number of anilines is 1. The number of hydrogen-bond acceptors (Lipinski definition) is 6. The van der Waals surface area contributed by atoms with Gasteiger partial charge in [0.1, 0.15) is 0 Å². The average molecular weight is 260 g/mol. The first kappa shape index (κ1) is 10.7. The van der Waals surface area contributed by atoms with Crippen LogP contribution in [0.1, 0.15) is 19.3 Å². The maximum Gasteiger partial charge on any atom is 0.308 e. The molecule has 0 radical (unpaired) electrons. The summed E-state index contributed by atoms with van der Waals surface area (Å²) in [7, 11) is 0. The van der Waals surface area contributed by atoms with Crippen molar-refractivity contribution in [3.8, 4) is 0 Å². The maximum absolute atomic E-state index is 11.3. The van der Waals surface area contributed by atoms with Gasteiger partial charge in [-0.3, -0.25) is 9.78 Å². The predicted octanol–water partition coefficient (Wildman–Crippen LogP) is -0.0388. The number of aromatic nitrogens is 5. The summed E-state index contributed by atoms with van der Waals surface area (Å²) in [5.74, 6) is -0.224. The number of aliphatic carboxylic acids is 1. The quantitative estimate of drug-likeness (QED) is 0.809. The lowest BCUT2D eigenvalue weighted by Gasteiger charge is -2.24. The Hall–Kier alpha value is -2.25. The van der Waals surface area contributed by atoms with Crippen LogP contribution >= 0.6 is 0 Å². The summed E-state index contributed by atoms with van der Waals surface area (Å²) < 4.78 is 1.63. The molecule has 98 valence electrons. The molecule has 1 N–H and O–H groups in total. The molecule has 2 fully saturated rings. The third-order valence-corrected chi connectivity index (χ3v) is 4.21. The fraction of sp³-hybridized carbons (Fsp3) is 0.545. The Bertz CT molecular complexity index is 655. The molecule has 0 spiro atoms. The van der Waals surface area contributed by atoms with Crippen LogP contribution in [0.25, 0.3) is 5.65 Å². The first-order valence-electron chi connectivity index (χ1n) is 6.29. The van der Waals surface area contributed by atoms with E-state index in [2.05, 4.69) is 25.4 Å². The Morgan fingerprint density at radius 2 is 2.26 bits per heavy atom. The molecule has 0 amide bonds. The molecule has 2 aromatic heterocycles. The molecule has 4 heterocycles. The highest BCUT2D eigenvalue weighted by Gasteiger charge is 2.50. The zero-order chi connectivity index (χ0) is 13.0.